The number of fused-ring (bicyclic) bond motifs is 1. The van der Waals surface area contributed by atoms with Crippen molar-refractivity contribution in [1.29, 1.82) is 0 Å². The van der Waals surface area contributed by atoms with Gasteiger partial charge in [-0.2, -0.15) is 9.97 Å². The Bertz CT molecular complexity index is 1140. The van der Waals surface area contributed by atoms with Crippen LogP contribution in [0.5, 0.6) is 11.5 Å². The third-order valence-corrected chi connectivity index (χ3v) is 5.67. The highest BCUT2D eigenvalue weighted by atomic mass is 19.1. The van der Waals surface area contributed by atoms with E-state index in [1.807, 2.05) is 0 Å². The van der Waals surface area contributed by atoms with Crippen LogP contribution >= 0.6 is 0 Å². The molecule has 33 heavy (non-hydrogen) atoms. The maximum Gasteiger partial charge on any atom is 0.224 e. The Hall–Kier alpha value is -3.22. The molecule has 4 atom stereocenters. The zero-order valence-corrected chi connectivity index (χ0v) is 18.8. The molecule has 4 N–H and O–H groups in total. The fraction of sp³-hybridized carbons (Fsp3) is 0.476. The molecule has 2 aromatic heterocycles. The average molecular weight is 462 g/mol. The number of aromatic nitrogens is 4. The summed E-state index contributed by atoms with van der Waals surface area (Å²) in [6.07, 6.45) is -1.73. The highest BCUT2D eigenvalue weighted by molar-refractivity contribution is 5.84. The molecule has 0 radical (unpaired) electrons. The summed E-state index contributed by atoms with van der Waals surface area (Å²) < 4.78 is 40.0. The topological polar surface area (TPSA) is 139 Å². The summed E-state index contributed by atoms with van der Waals surface area (Å²) in [5, 5.41) is 12.8. The van der Waals surface area contributed by atoms with Crippen molar-refractivity contribution in [3.63, 3.8) is 0 Å². The summed E-state index contributed by atoms with van der Waals surface area (Å²) in [5.74, 6) is 1.52. The lowest BCUT2D eigenvalue weighted by molar-refractivity contribution is -0.0675. The maximum atomic E-state index is 16.2. The van der Waals surface area contributed by atoms with E-state index >= 15 is 4.39 Å². The largest absolute Gasteiger partial charge is 0.493 e. The van der Waals surface area contributed by atoms with E-state index in [-0.39, 0.29) is 12.6 Å². The molecule has 0 unspecified atom stereocenters. The van der Waals surface area contributed by atoms with Gasteiger partial charge in [-0.15, -0.1) is 0 Å². The molecule has 3 aromatic rings. The number of alkyl halides is 1. The van der Waals surface area contributed by atoms with Crippen molar-refractivity contribution in [1.82, 2.24) is 19.5 Å². The second-order valence-electron chi connectivity index (χ2n) is 7.79. The molecule has 0 aliphatic carbocycles. The van der Waals surface area contributed by atoms with Crippen molar-refractivity contribution >= 4 is 22.9 Å². The summed E-state index contributed by atoms with van der Waals surface area (Å²) in [4.78, 5) is 12.6. The normalized spacial score (nSPS) is 24.8. The van der Waals surface area contributed by atoms with Gasteiger partial charge in [-0.25, -0.2) is 9.37 Å². The molecule has 1 fully saturated rings. The molecular weight excluding hydrogens is 435 g/mol. The molecule has 0 amide bonds. The van der Waals surface area contributed by atoms with Gasteiger partial charge in [0.05, 0.1) is 33.8 Å². The molecule has 0 saturated carbocycles. The summed E-state index contributed by atoms with van der Waals surface area (Å²) in [5.41, 5.74) is 5.25. The van der Waals surface area contributed by atoms with Crippen molar-refractivity contribution in [2.24, 2.45) is 0 Å². The van der Waals surface area contributed by atoms with Crippen molar-refractivity contribution in [3.8, 4) is 11.5 Å². The number of methoxy groups -OCH3 is 2. The molecule has 178 valence electrons. The summed E-state index contributed by atoms with van der Waals surface area (Å²) in [7, 11) is 4.75. The lowest BCUT2D eigenvalue weighted by Crippen LogP contribution is -2.42. The lowest BCUT2D eigenvalue weighted by Gasteiger charge is -2.28. The van der Waals surface area contributed by atoms with E-state index in [1.54, 1.807) is 32.4 Å². The van der Waals surface area contributed by atoms with Crippen molar-refractivity contribution < 1.29 is 28.4 Å². The predicted molar refractivity (Wildman–Crippen MR) is 118 cm³/mol. The molecule has 4 rings (SSSR count). The van der Waals surface area contributed by atoms with Crippen LogP contribution in [0.4, 0.5) is 16.2 Å². The first-order chi connectivity index (χ1) is 15.8. The number of nitrogens with zero attached hydrogens (tertiary/aromatic N) is 4. The zero-order chi connectivity index (χ0) is 23.8. The van der Waals surface area contributed by atoms with E-state index in [2.05, 4.69) is 20.3 Å². The molecule has 0 spiro atoms. The first-order valence-corrected chi connectivity index (χ1v) is 10.3. The first kappa shape index (κ1) is 23.0. The molecule has 0 bridgehead atoms. The number of nitrogen functional groups attached to an aromatic ring is 1. The number of nitrogens with two attached hydrogens (primary N) is 1. The zero-order valence-electron chi connectivity index (χ0n) is 18.8. The minimum absolute atomic E-state index is 0.00659. The second-order valence-corrected chi connectivity index (χ2v) is 7.79. The molecule has 1 aliphatic heterocycles. The molecule has 1 aliphatic rings. The van der Waals surface area contributed by atoms with Crippen LogP contribution in [0.3, 0.4) is 0 Å². The van der Waals surface area contributed by atoms with Gasteiger partial charge in [0.15, 0.2) is 40.4 Å². The van der Waals surface area contributed by atoms with E-state index in [0.717, 1.165) is 5.56 Å². The molecule has 12 heteroatoms. The third kappa shape index (κ3) is 4.01. The minimum atomic E-state index is -2.03. The van der Waals surface area contributed by atoms with Gasteiger partial charge >= 0.3 is 0 Å². The van der Waals surface area contributed by atoms with Crippen LogP contribution in [-0.2, 0) is 16.1 Å². The summed E-state index contributed by atoms with van der Waals surface area (Å²) >= 11 is 0. The molecular formula is C21H27FN6O5. The smallest absolute Gasteiger partial charge is 0.224 e. The predicted octanol–water partition coefficient (Wildman–Crippen LogP) is 1.67. The average Bonchev–Trinajstić information content (AvgIpc) is 3.33. The van der Waals surface area contributed by atoms with Crippen LogP contribution in [0.1, 0.15) is 18.7 Å². The summed E-state index contributed by atoms with van der Waals surface area (Å²) in [6, 6.07) is 5.28. The van der Waals surface area contributed by atoms with Crippen LogP contribution < -0.4 is 20.5 Å². The van der Waals surface area contributed by atoms with Gasteiger partial charge in [-0.05, 0) is 24.6 Å². The quantitative estimate of drug-likeness (QED) is 0.453. The van der Waals surface area contributed by atoms with Gasteiger partial charge in [0.25, 0.3) is 0 Å². The Morgan fingerprint density at radius 1 is 1.27 bits per heavy atom. The number of aliphatic hydroxyl groups excluding tert-OH is 1. The van der Waals surface area contributed by atoms with Gasteiger partial charge in [-0.3, -0.25) is 4.57 Å². The number of imidazole rings is 1. The Balaban J connectivity index is 1.62. The van der Waals surface area contributed by atoms with E-state index < -0.39 is 30.7 Å². The molecule has 11 nitrogen and oxygen atoms in total. The Morgan fingerprint density at radius 2 is 2.03 bits per heavy atom. The van der Waals surface area contributed by atoms with E-state index in [0.29, 0.717) is 28.5 Å². The number of aliphatic hydroxyl groups is 1. The van der Waals surface area contributed by atoms with Gasteiger partial charge in [0, 0.05) is 7.05 Å². The number of rotatable bonds is 8. The maximum absolute atomic E-state index is 16.2. The SMILES string of the molecule is CNc1nc(N)nc2c1ncn2[C@@H]1O[C@H](CO)[C@@H](OCc2ccc(OC)c(OC)c2)[C@@]1(C)F. The number of hydrogen-bond donors (Lipinski definition) is 3. The second kappa shape index (κ2) is 8.96. The van der Waals surface area contributed by atoms with Crippen molar-refractivity contribution in [2.75, 3.05) is 38.9 Å². The van der Waals surface area contributed by atoms with E-state index in [9.17, 15) is 5.11 Å². The Morgan fingerprint density at radius 3 is 2.70 bits per heavy atom. The van der Waals surface area contributed by atoms with Crippen molar-refractivity contribution in [2.45, 2.75) is 37.6 Å². The fourth-order valence-corrected chi connectivity index (χ4v) is 4.06. The van der Waals surface area contributed by atoms with Gasteiger partial charge in [0.2, 0.25) is 5.95 Å². The minimum Gasteiger partial charge on any atom is -0.493 e. The Kier molecular flexibility index (Phi) is 6.23. The molecule has 1 aromatic carbocycles. The van der Waals surface area contributed by atoms with Crippen LogP contribution in [0.2, 0.25) is 0 Å². The number of benzene rings is 1. The number of halogens is 1. The third-order valence-electron chi connectivity index (χ3n) is 5.67. The van der Waals surface area contributed by atoms with Crippen LogP contribution in [0.25, 0.3) is 11.2 Å². The standard InChI is InChI=1S/C21H27FN6O5/c1-21(22)16(32-9-11-5-6-12(30-3)13(7-11)31-4)14(8-29)33-19(21)28-10-25-15-17(24-2)26-20(23)27-18(15)28/h5-7,10,14,16,19,29H,8-9H2,1-4H3,(H3,23,24,26,27)/t14-,16-,19-,21-/m1/s1. The van der Waals surface area contributed by atoms with Gasteiger partial charge in [-0.1, -0.05) is 6.07 Å². The van der Waals surface area contributed by atoms with Crippen molar-refractivity contribution in [3.05, 3.63) is 30.1 Å². The first-order valence-electron chi connectivity index (χ1n) is 10.3. The lowest BCUT2D eigenvalue weighted by atomic mass is 9.98. The van der Waals surface area contributed by atoms with Crippen LogP contribution in [-0.4, -0.2) is 70.4 Å². The molecule has 3 heterocycles. The number of hydrogen-bond acceptors (Lipinski definition) is 10. The van der Waals surface area contributed by atoms with Gasteiger partial charge < -0.3 is 35.1 Å². The highest BCUT2D eigenvalue weighted by Crippen LogP contribution is 2.44. The highest BCUT2D eigenvalue weighted by Gasteiger charge is 2.56. The molecule has 1 saturated heterocycles. The number of ether oxygens (including phenoxy) is 4. The van der Waals surface area contributed by atoms with Gasteiger partial charge in [0.1, 0.15) is 12.2 Å². The van der Waals surface area contributed by atoms with E-state index in [4.69, 9.17) is 24.7 Å². The van der Waals surface area contributed by atoms with Crippen LogP contribution in [0, 0.1) is 0 Å². The number of anilines is 2. The Labute approximate surface area is 189 Å². The fourth-order valence-electron chi connectivity index (χ4n) is 4.06. The van der Waals surface area contributed by atoms with E-state index in [1.165, 1.54) is 24.9 Å². The monoisotopic (exact) mass is 462 g/mol. The number of nitrogens with one attached hydrogen (secondary N) is 1. The van der Waals surface area contributed by atoms with Crippen LogP contribution in [0.15, 0.2) is 24.5 Å². The summed E-state index contributed by atoms with van der Waals surface area (Å²) in [6.45, 7) is 1.00.